The highest BCUT2D eigenvalue weighted by Gasteiger charge is 2.37. The van der Waals surface area contributed by atoms with Crippen LogP contribution in [0.4, 0.5) is 0 Å². The number of carbonyl (C=O) groups is 1. The lowest BCUT2D eigenvalue weighted by Gasteiger charge is -2.22. The van der Waals surface area contributed by atoms with E-state index >= 15 is 0 Å². The fourth-order valence-corrected chi connectivity index (χ4v) is 2.63. The van der Waals surface area contributed by atoms with Gasteiger partial charge in [0, 0.05) is 5.56 Å². The van der Waals surface area contributed by atoms with Crippen molar-refractivity contribution >= 4 is 5.78 Å². The molecule has 2 heteroatoms. The first-order valence-electron chi connectivity index (χ1n) is 5.93. The van der Waals surface area contributed by atoms with Gasteiger partial charge in [-0.15, -0.1) is 0 Å². The van der Waals surface area contributed by atoms with E-state index in [1.807, 2.05) is 26.0 Å². The molecule has 1 aliphatic rings. The summed E-state index contributed by atoms with van der Waals surface area (Å²) < 4.78 is 0. The predicted octanol–water partition coefficient (Wildman–Crippen LogP) is 2.76. The van der Waals surface area contributed by atoms with Crippen LogP contribution in [-0.4, -0.2) is 11.3 Å². The molecule has 2 nitrogen and oxygen atoms in total. The second-order valence-corrected chi connectivity index (χ2v) is 5.07. The quantitative estimate of drug-likeness (QED) is 0.774. The largest absolute Gasteiger partial charge is 0.319 e. The fraction of sp³-hybridized carbons (Fsp3) is 0.500. The summed E-state index contributed by atoms with van der Waals surface area (Å²) in [7, 11) is 0. The van der Waals surface area contributed by atoms with E-state index in [0.29, 0.717) is 0 Å². The topological polar surface area (TPSA) is 43.1 Å². The van der Waals surface area contributed by atoms with E-state index in [0.717, 1.165) is 42.4 Å². The van der Waals surface area contributed by atoms with Gasteiger partial charge in [0.05, 0.1) is 5.54 Å². The fourth-order valence-electron chi connectivity index (χ4n) is 2.63. The van der Waals surface area contributed by atoms with Crippen LogP contribution in [0.5, 0.6) is 0 Å². The summed E-state index contributed by atoms with van der Waals surface area (Å²) in [5, 5.41) is 0. The van der Waals surface area contributed by atoms with Crippen molar-refractivity contribution in [2.75, 3.05) is 0 Å². The summed E-state index contributed by atoms with van der Waals surface area (Å²) in [5.41, 5.74) is 8.63. The molecule has 86 valence electrons. The Morgan fingerprint density at radius 3 is 2.12 bits per heavy atom. The van der Waals surface area contributed by atoms with E-state index in [9.17, 15) is 4.79 Å². The number of Topliss-reactive ketones (excluding diaryl/α,β-unsaturated/α-hetero) is 1. The Morgan fingerprint density at radius 2 is 1.62 bits per heavy atom. The third-order valence-electron chi connectivity index (χ3n) is 3.43. The van der Waals surface area contributed by atoms with Gasteiger partial charge in [-0.1, -0.05) is 30.0 Å². The van der Waals surface area contributed by atoms with Crippen LogP contribution in [0.15, 0.2) is 18.2 Å². The van der Waals surface area contributed by atoms with Crippen molar-refractivity contribution in [3.63, 3.8) is 0 Å². The molecule has 2 rings (SSSR count). The van der Waals surface area contributed by atoms with Gasteiger partial charge in [-0.25, -0.2) is 0 Å². The summed E-state index contributed by atoms with van der Waals surface area (Å²) in [6.45, 7) is 4.03. The maximum atomic E-state index is 12.3. The van der Waals surface area contributed by atoms with Gasteiger partial charge in [0.15, 0.2) is 5.78 Å². The lowest BCUT2D eigenvalue weighted by atomic mass is 9.87. The van der Waals surface area contributed by atoms with Gasteiger partial charge in [-0.3, -0.25) is 4.79 Å². The molecule has 0 heterocycles. The number of hydrogen-bond acceptors (Lipinski definition) is 2. The molecule has 1 aliphatic carbocycles. The Bertz CT molecular complexity index is 396. The summed E-state index contributed by atoms with van der Waals surface area (Å²) in [6, 6.07) is 5.97. The van der Waals surface area contributed by atoms with Crippen molar-refractivity contribution in [1.82, 2.24) is 0 Å². The third kappa shape index (κ3) is 2.03. The molecule has 0 amide bonds. The van der Waals surface area contributed by atoms with Crippen LogP contribution < -0.4 is 5.73 Å². The molecule has 0 saturated heterocycles. The van der Waals surface area contributed by atoms with Gasteiger partial charge in [-0.05, 0) is 38.8 Å². The van der Waals surface area contributed by atoms with E-state index < -0.39 is 5.54 Å². The first-order valence-corrected chi connectivity index (χ1v) is 5.93. The number of benzene rings is 1. The van der Waals surface area contributed by atoms with E-state index in [1.54, 1.807) is 0 Å². The summed E-state index contributed by atoms with van der Waals surface area (Å²) in [4.78, 5) is 12.3. The smallest absolute Gasteiger partial charge is 0.182 e. The van der Waals surface area contributed by atoms with Crippen molar-refractivity contribution in [2.45, 2.75) is 45.1 Å². The van der Waals surface area contributed by atoms with Crippen LogP contribution in [0, 0.1) is 13.8 Å². The third-order valence-corrected chi connectivity index (χ3v) is 3.43. The summed E-state index contributed by atoms with van der Waals surface area (Å²) in [6.07, 6.45) is 3.82. The van der Waals surface area contributed by atoms with E-state index in [2.05, 4.69) is 6.07 Å². The molecule has 0 aliphatic heterocycles. The monoisotopic (exact) mass is 217 g/mol. The van der Waals surface area contributed by atoms with Crippen molar-refractivity contribution in [3.05, 3.63) is 34.9 Å². The normalized spacial score (nSPS) is 18.7. The maximum Gasteiger partial charge on any atom is 0.182 e. The molecule has 1 aromatic carbocycles. The lowest BCUT2D eigenvalue weighted by Crippen LogP contribution is -2.45. The SMILES string of the molecule is Cc1cc(C)cc(C(=O)C2(N)CCCC2)c1. The van der Waals surface area contributed by atoms with Crippen LogP contribution in [0.2, 0.25) is 0 Å². The molecular weight excluding hydrogens is 198 g/mol. The zero-order valence-corrected chi connectivity index (χ0v) is 10.0. The molecule has 16 heavy (non-hydrogen) atoms. The van der Waals surface area contributed by atoms with Gasteiger partial charge in [-0.2, -0.15) is 0 Å². The van der Waals surface area contributed by atoms with Crippen molar-refractivity contribution in [2.24, 2.45) is 5.73 Å². The molecule has 0 bridgehead atoms. The molecule has 0 aromatic heterocycles. The zero-order valence-electron chi connectivity index (χ0n) is 10.0. The van der Waals surface area contributed by atoms with Crippen molar-refractivity contribution in [3.8, 4) is 0 Å². The number of ketones is 1. The summed E-state index contributed by atoms with van der Waals surface area (Å²) in [5.74, 6) is 0.122. The molecule has 0 spiro atoms. The highest BCUT2D eigenvalue weighted by molar-refractivity contribution is 6.03. The van der Waals surface area contributed by atoms with Crippen molar-refractivity contribution < 1.29 is 4.79 Å². The lowest BCUT2D eigenvalue weighted by molar-refractivity contribution is 0.0892. The number of carbonyl (C=O) groups excluding carboxylic acids is 1. The van der Waals surface area contributed by atoms with E-state index in [4.69, 9.17) is 5.73 Å². The molecule has 0 radical (unpaired) electrons. The predicted molar refractivity (Wildman–Crippen MR) is 65.6 cm³/mol. The highest BCUT2D eigenvalue weighted by atomic mass is 16.1. The average Bonchev–Trinajstić information content (AvgIpc) is 2.64. The van der Waals surface area contributed by atoms with E-state index in [1.165, 1.54) is 0 Å². The van der Waals surface area contributed by atoms with E-state index in [-0.39, 0.29) is 5.78 Å². The molecule has 1 saturated carbocycles. The molecule has 2 N–H and O–H groups in total. The standard InChI is InChI=1S/C14H19NO/c1-10-7-11(2)9-12(8-10)13(16)14(15)5-3-4-6-14/h7-9H,3-6,15H2,1-2H3. The Balaban J connectivity index is 2.33. The van der Waals surface area contributed by atoms with Crippen LogP contribution in [0.25, 0.3) is 0 Å². The second-order valence-electron chi connectivity index (χ2n) is 5.07. The minimum absolute atomic E-state index is 0.122. The van der Waals surface area contributed by atoms with Crippen LogP contribution in [0.3, 0.4) is 0 Å². The minimum Gasteiger partial charge on any atom is -0.319 e. The molecular formula is C14H19NO. The number of hydrogen-bond donors (Lipinski definition) is 1. The van der Waals surface area contributed by atoms with Crippen LogP contribution >= 0.6 is 0 Å². The minimum atomic E-state index is -0.597. The van der Waals surface area contributed by atoms with Crippen LogP contribution in [-0.2, 0) is 0 Å². The van der Waals surface area contributed by atoms with Gasteiger partial charge >= 0.3 is 0 Å². The number of rotatable bonds is 2. The number of aryl methyl sites for hydroxylation is 2. The first kappa shape index (κ1) is 11.3. The van der Waals surface area contributed by atoms with Gasteiger partial charge < -0.3 is 5.73 Å². The van der Waals surface area contributed by atoms with Crippen molar-refractivity contribution in [1.29, 1.82) is 0 Å². The Morgan fingerprint density at radius 1 is 1.12 bits per heavy atom. The van der Waals surface area contributed by atoms with Crippen LogP contribution in [0.1, 0.15) is 47.2 Å². The maximum absolute atomic E-state index is 12.3. The molecule has 0 atom stereocenters. The molecule has 0 unspecified atom stereocenters. The highest BCUT2D eigenvalue weighted by Crippen LogP contribution is 2.30. The van der Waals surface area contributed by atoms with Gasteiger partial charge in [0.1, 0.15) is 0 Å². The molecule has 1 fully saturated rings. The van der Waals surface area contributed by atoms with Gasteiger partial charge in [0.25, 0.3) is 0 Å². The Labute approximate surface area is 96.8 Å². The van der Waals surface area contributed by atoms with Gasteiger partial charge in [0.2, 0.25) is 0 Å². The zero-order chi connectivity index (χ0) is 11.8. The number of nitrogens with two attached hydrogens (primary N) is 1. The second kappa shape index (κ2) is 4.02. The summed E-state index contributed by atoms with van der Waals surface area (Å²) >= 11 is 0. The Hall–Kier alpha value is -1.15. The average molecular weight is 217 g/mol. The molecule has 1 aromatic rings. The Kier molecular flexibility index (Phi) is 2.85. The first-order chi connectivity index (χ1) is 7.51.